The van der Waals surface area contributed by atoms with E-state index in [1.807, 2.05) is 19.2 Å². The Bertz CT molecular complexity index is 723. The van der Waals surface area contributed by atoms with Gasteiger partial charge in [-0.05, 0) is 42.7 Å². The standard InChI is InChI=1S/C18H20FN3O2/c1-20-17-11-13(8-9-21-17)15-6-4-10-22(15)18(23)12-24-16-7-3-2-5-14(16)19/h2-3,5,7-9,11,15H,4,6,10,12H2,1H3,(H,20,21)/t15-/m1/s1. The second-order valence-electron chi connectivity index (χ2n) is 5.69. The van der Waals surface area contributed by atoms with E-state index in [2.05, 4.69) is 10.3 Å². The number of likely N-dealkylation sites (tertiary alicyclic amines) is 1. The predicted molar refractivity (Wildman–Crippen MR) is 89.4 cm³/mol. The molecule has 2 aromatic rings. The Kier molecular flexibility index (Phi) is 4.93. The number of nitrogens with one attached hydrogen (secondary N) is 1. The van der Waals surface area contributed by atoms with Crippen molar-refractivity contribution in [2.24, 2.45) is 0 Å². The third-order valence-corrected chi connectivity index (χ3v) is 4.19. The highest BCUT2D eigenvalue weighted by molar-refractivity contribution is 5.78. The molecule has 126 valence electrons. The van der Waals surface area contributed by atoms with E-state index in [-0.39, 0.29) is 24.3 Å². The quantitative estimate of drug-likeness (QED) is 0.916. The van der Waals surface area contributed by atoms with E-state index in [9.17, 15) is 9.18 Å². The fourth-order valence-electron chi connectivity index (χ4n) is 2.99. The molecular formula is C18H20FN3O2. The molecule has 1 saturated heterocycles. The number of nitrogens with zero attached hydrogens (tertiary/aromatic N) is 2. The lowest BCUT2D eigenvalue weighted by Crippen LogP contribution is -2.34. The summed E-state index contributed by atoms with van der Waals surface area (Å²) in [5, 5.41) is 3.01. The minimum atomic E-state index is -0.462. The van der Waals surface area contributed by atoms with Gasteiger partial charge in [-0.1, -0.05) is 12.1 Å². The minimum absolute atomic E-state index is 0.0109. The van der Waals surface area contributed by atoms with Crippen molar-refractivity contribution >= 4 is 11.7 Å². The van der Waals surface area contributed by atoms with Gasteiger partial charge in [-0.15, -0.1) is 0 Å². The van der Waals surface area contributed by atoms with Crippen LogP contribution in [0.15, 0.2) is 42.6 Å². The first-order valence-corrected chi connectivity index (χ1v) is 7.99. The maximum Gasteiger partial charge on any atom is 0.261 e. The average Bonchev–Trinajstić information content (AvgIpc) is 3.11. The number of benzene rings is 1. The van der Waals surface area contributed by atoms with Crippen LogP contribution in [0.1, 0.15) is 24.4 Å². The van der Waals surface area contributed by atoms with Gasteiger partial charge in [0, 0.05) is 19.8 Å². The number of amides is 1. The fraction of sp³-hybridized carbons (Fsp3) is 0.333. The van der Waals surface area contributed by atoms with Crippen LogP contribution in [0.5, 0.6) is 5.75 Å². The van der Waals surface area contributed by atoms with Gasteiger partial charge in [0.2, 0.25) is 0 Å². The second kappa shape index (κ2) is 7.29. The Balaban J connectivity index is 1.68. The molecular weight excluding hydrogens is 309 g/mol. The van der Waals surface area contributed by atoms with Crippen molar-refractivity contribution in [2.75, 3.05) is 25.5 Å². The molecule has 1 aromatic heterocycles. The normalized spacial score (nSPS) is 16.9. The van der Waals surface area contributed by atoms with Gasteiger partial charge in [-0.2, -0.15) is 0 Å². The molecule has 1 fully saturated rings. The first-order valence-electron chi connectivity index (χ1n) is 7.99. The van der Waals surface area contributed by atoms with E-state index < -0.39 is 5.82 Å². The maximum absolute atomic E-state index is 13.6. The van der Waals surface area contributed by atoms with E-state index in [1.54, 1.807) is 23.2 Å². The summed E-state index contributed by atoms with van der Waals surface area (Å²) in [6.07, 6.45) is 3.57. The SMILES string of the molecule is CNc1cc([C@H]2CCCN2C(=O)COc2ccccc2F)ccn1. The molecule has 1 aromatic carbocycles. The number of hydrogen-bond acceptors (Lipinski definition) is 4. The zero-order chi connectivity index (χ0) is 16.9. The number of pyridine rings is 1. The van der Waals surface area contributed by atoms with Crippen molar-refractivity contribution in [3.8, 4) is 5.75 Å². The lowest BCUT2D eigenvalue weighted by atomic mass is 10.1. The van der Waals surface area contributed by atoms with Gasteiger partial charge < -0.3 is 15.0 Å². The molecule has 0 saturated carbocycles. The smallest absolute Gasteiger partial charge is 0.261 e. The Morgan fingerprint density at radius 3 is 3.04 bits per heavy atom. The summed E-state index contributed by atoms with van der Waals surface area (Å²) in [6.45, 7) is 0.517. The van der Waals surface area contributed by atoms with Crippen LogP contribution in [0.2, 0.25) is 0 Å². The molecule has 1 aliphatic rings. The van der Waals surface area contributed by atoms with Gasteiger partial charge in [0.25, 0.3) is 5.91 Å². The fourth-order valence-corrected chi connectivity index (χ4v) is 2.99. The van der Waals surface area contributed by atoms with E-state index >= 15 is 0 Å². The van der Waals surface area contributed by atoms with Crippen molar-refractivity contribution in [3.05, 3.63) is 54.0 Å². The van der Waals surface area contributed by atoms with Crippen LogP contribution in [0.3, 0.4) is 0 Å². The van der Waals surface area contributed by atoms with Crippen molar-refractivity contribution in [2.45, 2.75) is 18.9 Å². The lowest BCUT2D eigenvalue weighted by Gasteiger charge is -2.25. The topological polar surface area (TPSA) is 54.5 Å². The van der Waals surface area contributed by atoms with Crippen LogP contribution in [-0.2, 0) is 4.79 Å². The molecule has 1 atom stereocenters. The Labute approximate surface area is 140 Å². The summed E-state index contributed by atoms with van der Waals surface area (Å²) in [5.41, 5.74) is 1.05. The third-order valence-electron chi connectivity index (χ3n) is 4.19. The van der Waals surface area contributed by atoms with Gasteiger partial charge in [0.05, 0.1) is 6.04 Å². The van der Waals surface area contributed by atoms with Crippen LogP contribution in [-0.4, -0.2) is 36.0 Å². The largest absolute Gasteiger partial charge is 0.481 e. The number of rotatable bonds is 5. The molecule has 0 bridgehead atoms. The molecule has 6 heteroatoms. The highest BCUT2D eigenvalue weighted by atomic mass is 19.1. The Morgan fingerprint density at radius 1 is 1.42 bits per heavy atom. The predicted octanol–water partition coefficient (Wildman–Crippen LogP) is 3.00. The average molecular weight is 329 g/mol. The van der Waals surface area contributed by atoms with E-state index in [0.717, 1.165) is 24.2 Å². The summed E-state index contributed by atoms with van der Waals surface area (Å²) >= 11 is 0. The van der Waals surface area contributed by atoms with E-state index in [4.69, 9.17) is 4.74 Å². The monoisotopic (exact) mass is 329 g/mol. The number of para-hydroxylation sites is 1. The summed E-state index contributed by atoms with van der Waals surface area (Å²) in [5.74, 6) is 0.275. The summed E-state index contributed by atoms with van der Waals surface area (Å²) in [7, 11) is 1.81. The third kappa shape index (κ3) is 3.48. The van der Waals surface area contributed by atoms with E-state index in [0.29, 0.717) is 6.54 Å². The van der Waals surface area contributed by atoms with Crippen molar-refractivity contribution in [3.63, 3.8) is 0 Å². The second-order valence-corrected chi connectivity index (χ2v) is 5.69. The first kappa shape index (κ1) is 16.2. The molecule has 1 aliphatic heterocycles. The first-order chi connectivity index (χ1) is 11.7. The van der Waals surface area contributed by atoms with Crippen LogP contribution >= 0.6 is 0 Å². The summed E-state index contributed by atoms with van der Waals surface area (Å²) < 4.78 is 18.9. The van der Waals surface area contributed by atoms with Crippen LogP contribution in [0, 0.1) is 5.82 Å². The zero-order valence-electron chi connectivity index (χ0n) is 13.5. The van der Waals surface area contributed by atoms with Gasteiger partial charge >= 0.3 is 0 Å². The number of hydrogen-bond donors (Lipinski definition) is 1. The van der Waals surface area contributed by atoms with Gasteiger partial charge in [-0.3, -0.25) is 4.79 Å². The van der Waals surface area contributed by atoms with Crippen molar-refractivity contribution in [1.82, 2.24) is 9.88 Å². The molecule has 0 aliphatic carbocycles. The molecule has 2 heterocycles. The number of halogens is 1. The summed E-state index contributed by atoms with van der Waals surface area (Å²) in [6, 6.07) is 9.99. The highest BCUT2D eigenvalue weighted by Crippen LogP contribution is 2.32. The van der Waals surface area contributed by atoms with Crippen molar-refractivity contribution < 1.29 is 13.9 Å². The number of carbonyl (C=O) groups is 1. The molecule has 24 heavy (non-hydrogen) atoms. The van der Waals surface area contributed by atoms with Gasteiger partial charge in [0.15, 0.2) is 18.2 Å². The van der Waals surface area contributed by atoms with Gasteiger partial charge in [0.1, 0.15) is 5.82 Å². The van der Waals surface area contributed by atoms with E-state index in [1.165, 1.54) is 12.1 Å². The van der Waals surface area contributed by atoms with Crippen LogP contribution < -0.4 is 10.1 Å². The minimum Gasteiger partial charge on any atom is -0.481 e. The number of ether oxygens (including phenoxy) is 1. The maximum atomic E-state index is 13.6. The lowest BCUT2D eigenvalue weighted by molar-refractivity contribution is -0.134. The molecule has 1 amide bonds. The number of anilines is 1. The van der Waals surface area contributed by atoms with Crippen molar-refractivity contribution in [1.29, 1.82) is 0 Å². The molecule has 5 nitrogen and oxygen atoms in total. The Morgan fingerprint density at radius 2 is 2.25 bits per heavy atom. The zero-order valence-corrected chi connectivity index (χ0v) is 13.5. The molecule has 0 spiro atoms. The molecule has 0 unspecified atom stereocenters. The Hall–Kier alpha value is -2.63. The number of aromatic nitrogens is 1. The van der Waals surface area contributed by atoms with Crippen LogP contribution in [0.25, 0.3) is 0 Å². The molecule has 1 N–H and O–H groups in total. The van der Waals surface area contributed by atoms with Gasteiger partial charge in [-0.25, -0.2) is 9.37 Å². The highest BCUT2D eigenvalue weighted by Gasteiger charge is 2.30. The summed E-state index contributed by atoms with van der Waals surface area (Å²) in [4.78, 5) is 18.5. The van der Waals surface area contributed by atoms with Crippen LogP contribution in [0.4, 0.5) is 10.2 Å². The molecule has 0 radical (unpaired) electrons. The number of carbonyl (C=O) groups excluding carboxylic acids is 1. The molecule has 3 rings (SSSR count).